The predicted molar refractivity (Wildman–Crippen MR) is 89.0 cm³/mol. The zero-order chi connectivity index (χ0) is 18.0. The van der Waals surface area contributed by atoms with Crippen LogP contribution in [-0.4, -0.2) is 32.9 Å². The predicted octanol–water partition coefficient (Wildman–Crippen LogP) is 3.26. The zero-order valence-electron chi connectivity index (χ0n) is 14.8. The Morgan fingerprint density at radius 2 is 2.16 bits per heavy atom. The lowest BCUT2D eigenvalue weighted by atomic mass is 10.2. The van der Waals surface area contributed by atoms with E-state index in [2.05, 4.69) is 20.4 Å². The molecule has 3 rings (SSSR count). The van der Waals surface area contributed by atoms with Gasteiger partial charge in [-0.1, -0.05) is 5.16 Å². The van der Waals surface area contributed by atoms with E-state index in [1.807, 2.05) is 0 Å². The standard InChI is InChI=1S/C17H22N4O4/c1-10(19-16(22)24-17(2,3)4)15-20-14(21-25-15)11-7-8-18-13(9-11)23-12-5-6-12/h7-10,12H,5-6H2,1-4H3,(H,19,22)/t10-/m0/s1. The molecular weight excluding hydrogens is 324 g/mol. The van der Waals surface area contributed by atoms with Crippen molar-refractivity contribution in [2.75, 3.05) is 0 Å². The molecule has 0 aliphatic heterocycles. The number of carbonyl (C=O) groups is 1. The Bertz CT molecular complexity index is 749. The van der Waals surface area contributed by atoms with Gasteiger partial charge in [0.25, 0.3) is 0 Å². The van der Waals surface area contributed by atoms with Crippen LogP contribution in [0.5, 0.6) is 5.88 Å². The van der Waals surface area contributed by atoms with Crippen LogP contribution in [0.3, 0.4) is 0 Å². The van der Waals surface area contributed by atoms with Crippen LogP contribution >= 0.6 is 0 Å². The van der Waals surface area contributed by atoms with Gasteiger partial charge in [0, 0.05) is 17.8 Å². The highest BCUT2D eigenvalue weighted by Gasteiger charge is 2.25. The van der Waals surface area contributed by atoms with Crippen molar-refractivity contribution < 1.29 is 18.8 Å². The average molecular weight is 346 g/mol. The molecule has 8 heteroatoms. The highest BCUT2D eigenvalue weighted by atomic mass is 16.6. The second-order valence-corrected chi connectivity index (χ2v) is 7.02. The van der Waals surface area contributed by atoms with Crippen molar-refractivity contribution in [3.8, 4) is 17.3 Å². The quantitative estimate of drug-likeness (QED) is 0.887. The first-order valence-corrected chi connectivity index (χ1v) is 8.26. The Morgan fingerprint density at radius 3 is 2.84 bits per heavy atom. The summed E-state index contributed by atoms with van der Waals surface area (Å²) in [6, 6.07) is 3.08. The lowest BCUT2D eigenvalue weighted by Gasteiger charge is -2.20. The Hall–Kier alpha value is -2.64. The molecule has 1 N–H and O–H groups in total. The highest BCUT2D eigenvalue weighted by molar-refractivity contribution is 5.68. The third kappa shape index (κ3) is 4.91. The lowest BCUT2D eigenvalue weighted by molar-refractivity contribution is 0.0499. The summed E-state index contributed by atoms with van der Waals surface area (Å²) in [5.74, 6) is 1.25. The maximum absolute atomic E-state index is 11.8. The lowest BCUT2D eigenvalue weighted by Crippen LogP contribution is -2.34. The monoisotopic (exact) mass is 346 g/mol. The zero-order valence-corrected chi connectivity index (χ0v) is 14.8. The summed E-state index contributed by atoms with van der Waals surface area (Å²) in [6.45, 7) is 7.14. The van der Waals surface area contributed by atoms with Gasteiger partial charge >= 0.3 is 6.09 Å². The number of amides is 1. The first-order valence-electron chi connectivity index (χ1n) is 8.26. The van der Waals surface area contributed by atoms with Crippen molar-refractivity contribution in [1.29, 1.82) is 0 Å². The van der Waals surface area contributed by atoms with Crippen molar-refractivity contribution in [2.45, 2.75) is 58.3 Å². The smallest absolute Gasteiger partial charge is 0.408 e. The Morgan fingerprint density at radius 1 is 1.40 bits per heavy atom. The van der Waals surface area contributed by atoms with Gasteiger partial charge in [-0.15, -0.1) is 0 Å². The molecule has 2 aromatic heterocycles. The fourth-order valence-electron chi connectivity index (χ4n) is 2.04. The molecule has 0 spiro atoms. The number of hydrogen-bond acceptors (Lipinski definition) is 7. The van der Waals surface area contributed by atoms with Crippen molar-refractivity contribution in [1.82, 2.24) is 20.4 Å². The third-order valence-corrected chi connectivity index (χ3v) is 3.35. The molecule has 2 heterocycles. The summed E-state index contributed by atoms with van der Waals surface area (Å²) >= 11 is 0. The molecule has 134 valence electrons. The number of alkyl carbamates (subject to hydrolysis) is 1. The molecule has 1 aliphatic carbocycles. The minimum absolute atomic E-state index is 0.265. The minimum Gasteiger partial charge on any atom is -0.474 e. The number of pyridine rings is 1. The van der Waals surface area contributed by atoms with Crippen LogP contribution in [-0.2, 0) is 4.74 Å². The highest BCUT2D eigenvalue weighted by Crippen LogP contribution is 2.27. The van der Waals surface area contributed by atoms with Crippen molar-refractivity contribution in [2.24, 2.45) is 0 Å². The molecule has 2 aromatic rings. The van der Waals surface area contributed by atoms with E-state index in [1.54, 1.807) is 46.0 Å². The molecule has 0 unspecified atom stereocenters. The molecule has 0 radical (unpaired) electrons. The summed E-state index contributed by atoms with van der Waals surface area (Å²) in [5, 5.41) is 6.63. The van der Waals surface area contributed by atoms with Gasteiger partial charge in [0.2, 0.25) is 17.6 Å². The maximum atomic E-state index is 11.8. The van der Waals surface area contributed by atoms with E-state index < -0.39 is 17.7 Å². The van der Waals surface area contributed by atoms with Crippen molar-refractivity contribution >= 4 is 6.09 Å². The number of rotatable bonds is 5. The summed E-state index contributed by atoms with van der Waals surface area (Å²) in [6.07, 6.45) is 3.49. The van der Waals surface area contributed by atoms with Gasteiger partial charge in [0.1, 0.15) is 17.7 Å². The number of hydrogen-bond donors (Lipinski definition) is 1. The van der Waals surface area contributed by atoms with Crippen LogP contribution in [0.2, 0.25) is 0 Å². The van der Waals surface area contributed by atoms with E-state index in [1.165, 1.54) is 0 Å². The van der Waals surface area contributed by atoms with Gasteiger partial charge in [-0.25, -0.2) is 9.78 Å². The topological polar surface area (TPSA) is 99.4 Å². The Labute approximate surface area is 145 Å². The van der Waals surface area contributed by atoms with Crippen LogP contribution < -0.4 is 10.1 Å². The number of nitrogens with zero attached hydrogens (tertiary/aromatic N) is 3. The van der Waals surface area contributed by atoms with Gasteiger partial charge in [0.15, 0.2) is 0 Å². The summed E-state index contributed by atoms with van der Waals surface area (Å²) in [7, 11) is 0. The van der Waals surface area contributed by atoms with E-state index in [0.717, 1.165) is 18.4 Å². The molecule has 0 bridgehead atoms. The molecule has 25 heavy (non-hydrogen) atoms. The molecule has 1 atom stereocenters. The summed E-state index contributed by atoms with van der Waals surface area (Å²) < 4.78 is 16.1. The fraction of sp³-hybridized carbons (Fsp3) is 0.529. The van der Waals surface area contributed by atoms with Gasteiger partial charge in [0.05, 0.1) is 0 Å². The van der Waals surface area contributed by atoms with E-state index >= 15 is 0 Å². The van der Waals surface area contributed by atoms with E-state index in [-0.39, 0.29) is 6.10 Å². The van der Waals surface area contributed by atoms with Gasteiger partial charge < -0.3 is 19.3 Å². The molecule has 0 aromatic carbocycles. The van der Waals surface area contributed by atoms with Crippen LogP contribution in [0.1, 0.15) is 52.5 Å². The number of nitrogens with one attached hydrogen (secondary N) is 1. The average Bonchev–Trinajstić information content (AvgIpc) is 3.17. The minimum atomic E-state index is -0.571. The molecular formula is C17H22N4O4. The van der Waals surface area contributed by atoms with E-state index in [0.29, 0.717) is 17.6 Å². The summed E-state index contributed by atoms with van der Waals surface area (Å²) in [4.78, 5) is 20.3. The number of aromatic nitrogens is 3. The van der Waals surface area contributed by atoms with E-state index in [4.69, 9.17) is 14.0 Å². The first-order chi connectivity index (χ1) is 11.8. The van der Waals surface area contributed by atoms with Crippen LogP contribution in [0, 0.1) is 0 Å². The largest absolute Gasteiger partial charge is 0.474 e. The second kappa shape index (κ2) is 6.70. The van der Waals surface area contributed by atoms with Crippen LogP contribution in [0.15, 0.2) is 22.9 Å². The molecule has 1 saturated carbocycles. The molecule has 1 fully saturated rings. The third-order valence-electron chi connectivity index (χ3n) is 3.35. The Balaban J connectivity index is 1.66. The molecule has 8 nitrogen and oxygen atoms in total. The normalized spacial score (nSPS) is 15.5. The number of carbonyl (C=O) groups excluding carboxylic acids is 1. The fourth-order valence-corrected chi connectivity index (χ4v) is 2.04. The van der Waals surface area contributed by atoms with Crippen LogP contribution in [0.25, 0.3) is 11.4 Å². The second-order valence-electron chi connectivity index (χ2n) is 7.02. The number of ether oxygens (including phenoxy) is 2. The molecule has 1 aliphatic rings. The van der Waals surface area contributed by atoms with Crippen LogP contribution in [0.4, 0.5) is 4.79 Å². The van der Waals surface area contributed by atoms with Crippen molar-refractivity contribution in [3.63, 3.8) is 0 Å². The molecule has 1 amide bonds. The maximum Gasteiger partial charge on any atom is 0.408 e. The van der Waals surface area contributed by atoms with Crippen molar-refractivity contribution in [3.05, 3.63) is 24.2 Å². The first kappa shape index (κ1) is 17.2. The molecule has 0 saturated heterocycles. The van der Waals surface area contributed by atoms with Gasteiger partial charge in [-0.3, -0.25) is 0 Å². The van der Waals surface area contributed by atoms with E-state index in [9.17, 15) is 4.79 Å². The van der Waals surface area contributed by atoms with Gasteiger partial charge in [-0.2, -0.15) is 4.98 Å². The van der Waals surface area contributed by atoms with Gasteiger partial charge in [-0.05, 0) is 46.6 Å². The summed E-state index contributed by atoms with van der Waals surface area (Å²) in [5.41, 5.74) is 0.170. The Kier molecular flexibility index (Phi) is 4.61. The SMILES string of the molecule is C[C@H](NC(=O)OC(C)(C)C)c1nc(-c2ccnc(OC3CC3)c2)no1.